The van der Waals surface area contributed by atoms with Crippen LogP contribution in [0.2, 0.25) is 0 Å². The number of benzene rings is 1. The maximum Gasteiger partial charge on any atom is 0.324 e. The van der Waals surface area contributed by atoms with Gasteiger partial charge in [0.05, 0.1) is 24.8 Å². The van der Waals surface area contributed by atoms with Crippen molar-refractivity contribution in [3.8, 4) is 22.8 Å². The molecule has 0 aliphatic heterocycles. The smallest absolute Gasteiger partial charge is 0.324 e. The van der Waals surface area contributed by atoms with Crippen LogP contribution in [0.5, 0.6) is 11.5 Å². The van der Waals surface area contributed by atoms with E-state index < -0.39 is 4.92 Å². The van der Waals surface area contributed by atoms with Crippen LogP contribution in [-0.4, -0.2) is 30.0 Å². The van der Waals surface area contributed by atoms with E-state index in [1.165, 1.54) is 29.6 Å². The summed E-state index contributed by atoms with van der Waals surface area (Å²) >= 11 is 2.27. The number of methoxy groups -OCH3 is 2. The lowest BCUT2D eigenvalue weighted by Crippen LogP contribution is -2.07. The lowest BCUT2D eigenvalue weighted by Gasteiger charge is -2.08. The third-order valence-electron chi connectivity index (χ3n) is 3.61. The second kappa shape index (κ2) is 8.63. The predicted molar refractivity (Wildman–Crippen MR) is 109 cm³/mol. The zero-order valence-electron chi connectivity index (χ0n) is 14.9. The molecule has 0 aliphatic rings. The van der Waals surface area contributed by atoms with E-state index >= 15 is 0 Å². The fraction of sp³-hybridized carbons (Fsp3) is 0.111. The number of aromatic nitrogens is 1. The molecule has 0 bridgehead atoms. The van der Waals surface area contributed by atoms with Crippen molar-refractivity contribution in [2.24, 2.45) is 0 Å². The van der Waals surface area contributed by atoms with Gasteiger partial charge in [-0.3, -0.25) is 20.2 Å². The number of thiazole rings is 1. The Morgan fingerprint density at radius 1 is 1.25 bits per heavy atom. The first kappa shape index (κ1) is 19.5. The standard InChI is InChI=1S/C18H15N3O5S2/c1-25-11-3-6-15(26-2)13(9-11)14-10-27-18(19-14)20-16(22)7-4-12-5-8-17(28-12)21(23)24/h3-10H,1-2H3,(H,19,20,22). The summed E-state index contributed by atoms with van der Waals surface area (Å²) in [5.41, 5.74) is 1.40. The average molecular weight is 417 g/mol. The zero-order chi connectivity index (χ0) is 20.1. The van der Waals surface area contributed by atoms with Crippen LogP contribution >= 0.6 is 22.7 Å². The molecule has 3 rings (SSSR count). The number of ether oxygens (including phenoxy) is 2. The Morgan fingerprint density at radius 3 is 2.75 bits per heavy atom. The summed E-state index contributed by atoms with van der Waals surface area (Å²) in [4.78, 5) is 27.3. The molecule has 3 aromatic rings. The summed E-state index contributed by atoms with van der Waals surface area (Å²) in [6.07, 6.45) is 2.83. The molecule has 0 aliphatic carbocycles. The quantitative estimate of drug-likeness (QED) is 0.346. The fourth-order valence-corrected chi connectivity index (χ4v) is 3.74. The molecule has 2 aromatic heterocycles. The summed E-state index contributed by atoms with van der Waals surface area (Å²) < 4.78 is 10.6. The monoisotopic (exact) mass is 417 g/mol. The van der Waals surface area contributed by atoms with Gasteiger partial charge in [-0.15, -0.1) is 11.3 Å². The average Bonchev–Trinajstić information content (AvgIpc) is 3.35. The van der Waals surface area contributed by atoms with Crippen LogP contribution < -0.4 is 14.8 Å². The van der Waals surface area contributed by atoms with Gasteiger partial charge in [0, 0.05) is 28.0 Å². The largest absolute Gasteiger partial charge is 0.497 e. The number of rotatable bonds is 7. The summed E-state index contributed by atoms with van der Waals surface area (Å²) in [5, 5.41) is 15.6. The molecule has 1 amide bonds. The first-order valence-corrected chi connectivity index (χ1v) is 9.61. The van der Waals surface area contributed by atoms with Crippen LogP contribution in [0.25, 0.3) is 17.3 Å². The number of carbonyl (C=O) groups excluding carboxylic acids is 1. The summed E-state index contributed by atoms with van der Waals surface area (Å²) in [5.74, 6) is 0.931. The number of nitrogens with one attached hydrogen (secondary N) is 1. The number of anilines is 1. The topological polar surface area (TPSA) is 104 Å². The first-order chi connectivity index (χ1) is 13.5. The van der Waals surface area contributed by atoms with Crippen LogP contribution in [0.3, 0.4) is 0 Å². The number of nitrogens with zero attached hydrogens (tertiary/aromatic N) is 2. The van der Waals surface area contributed by atoms with E-state index in [9.17, 15) is 14.9 Å². The van der Waals surface area contributed by atoms with Gasteiger partial charge in [-0.2, -0.15) is 0 Å². The third-order valence-corrected chi connectivity index (χ3v) is 5.37. The number of hydrogen-bond donors (Lipinski definition) is 1. The highest BCUT2D eigenvalue weighted by molar-refractivity contribution is 7.16. The predicted octanol–water partition coefficient (Wildman–Crippen LogP) is 4.45. The van der Waals surface area contributed by atoms with E-state index in [0.717, 1.165) is 16.9 Å². The van der Waals surface area contributed by atoms with Crippen LogP contribution in [0.4, 0.5) is 10.1 Å². The second-order valence-corrected chi connectivity index (χ2v) is 7.31. The minimum absolute atomic E-state index is 0.0249. The number of amides is 1. The van der Waals surface area contributed by atoms with Gasteiger partial charge < -0.3 is 9.47 Å². The van der Waals surface area contributed by atoms with E-state index in [1.807, 2.05) is 6.07 Å². The molecule has 8 nitrogen and oxygen atoms in total. The molecule has 1 aromatic carbocycles. The molecule has 2 heterocycles. The van der Waals surface area contributed by atoms with Crippen molar-refractivity contribution >= 4 is 44.8 Å². The fourth-order valence-electron chi connectivity index (χ4n) is 2.30. The van der Waals surface area contributed by atoms with Gasteiger partial charge in [-0.25, -0.2) is 4.98 Å². The molecular formula is C18H15N3O5S2. The van der Waals surface area contributed by atoms with Gasteiger partial charge in [0.2, 0.25) is 5.91 Å². The second-order valence-electron chi connectivity index (χ2n) is 5.36. The number of carbonyl (C=O) groups is 1. The van der Waals surface area contributed by atoms with E-state index in [4.69, 9.17) is 9.47 Å². The van der Waals surface area contributed by atoms with Gasteiger partial charge in [-0.1, -0.05) is 11.3 Å². The Bertz CT molecular complexity index is 1040. The Morgan fingerprint density at radius 2 is 2.07 bits per heavy atom. The van der Waals surface area contributed by atoms with Crippen molar-refractivity contribution in [2.45, 2.75) is 0 Å². The highest BCUT2D eigenvalue weighted by Gasteiger charge is 2.13. The summed E-state index contributed by atoms with van der Waals surface area (Å²) in [7, 11) is 3.15. The minimum atomic E-state index is -0.466. The lowest BCUT2D eigenvalue weighted by molar-refractivity contribution is -0.380. The highest BCUT2D eigenvalue weighted by Crippen LogP contribution is 2.35. The summed E-state index contributed by atoms with van der Waals surface area (Å²) in [6, 6.07) is 8.37. The molecule has 0 radical (unpaired) electrons. The Kier molecular flexibility index (Phi) is 6.02. The maximum atomic E-state index is 12.1. The lowest BCUT2D eigenvalue weighted by atomic mass is 10.1. The maximum absolute atomic E-state index is 12.1. The van der Waals surface area contributed by atoms with Crippen molar-refractivity contribution in [1.82, 2.24) is 4.98 Å². The number of nitro groups is 1. The molecule has 0 unspecified atom stereocenters. The van der Waals surface area contributed by atoms with Crippen molar-refractivity contribution in [2.75, 3.05) is 19.5 Å². The van der Waals surface area contributed by atoms with Crippen molar-refractivity contribution in [3.63, 3.8) is 0 Å². The van der Waals surface area contributed by atoms with E-state index in [1.54, 1.807) is 37.8 Å². The van der Waals surface area contributed by atoms with Gasteiger partial charge in [0.25, 0.3) is 0 Å². The molecular weight excluding hydrogens is 402 g/mol. The molecule has 1 N–H and O–H groups in total. The third kappa shape index (κ3) is 4.53. The number of thiophene rings is 1. The van der Waals surface area contributed by atoms with Gasteiger partial charge in [0.1, 0.15) is 11.5 Å². The van der Waals surface area contributed by atoms with Gasteiger partial charge in [0.15, 0.2) is 5.13 Å². The molecule has 0 saturated carbocycles. The molecule has 10 heteroatoms. The summed E-state index contributed by atoms with van der Waals surface area (Å²) in [6.45, 7) is 0. The Hall–Kier alpha value is -3.24. The Balaban J connectivity index is 1.71. The molecule has 0 fully saturated rings. The molecule has 28 heavy (non-hydrogen) atoms. The first-order valence-electron chi connectivity index (χ1n) is 7.91. The van der Waals surface area contributed by atoms with E-state index in [0.29, 0.717) is 27.2 Å². The van der Waals surface area contributed by atoms with Crippen molar-refractivity contribution < 1.29 is 19.2 Å². The minimum Gasteiger partial charge on any atom is -0.497 e. The normalized spacial score (nSPS) is 10.8. The van der Waals surface area contributed by atoms with Crippen LogP contribution in [0.15, 0.2) is 41.8 Å². The molecule has 0 saturated heterocycles. The number of hydrogen-bond acceptors (Lipinski definition) is 8. The Labute approximate surface area is 168 Å². The SMILES string of the molecule is COc1ccc(OC)c(-c2csc(NC(=O)C=Cc3ccc([N+](=O)[O-])s3)n2)c1. The van der Waals surface area contributed by atoms with E-state index in [2.05, 4.69) is 10.3 Å². The molecule has 144 valence electrons. The van der Waals surface area contributed by atoms with E-state index in [-0.39, 0.29) is 10.9 Å². The van der Waals surface area contributed by atoms with Crippen LogP contribution in [0.1, 0.15) is 4.88 Å². The zero-order valence-corrected chi connectivity index (χ0v) is 16.5. The van der Waals surface area contributed by atoms with Crippen LogP contribution in [-0.2, 0) is 4.79 Å². The van der Waals surface area contributed by atoms with Gasteiger partial charge >= 0.3 is 5.00 Å². The molecule has 0 spiro atoms. The van der Waals surface area contributed by atoms with Crippen molar-refractivity contribution in [1.29, 1.82) is 0 Å². The van der Waals surface area contributed by atoms with Crippen LogP contribution in [0, 0.1) is 10.1 Å². The highest BCUT2D eigenvalue weighted by atomic mass is 32.1. The van der Waals surface area contributed by atoms with Crippen molar-refractivity contribution in [3.05, 3.63) is 56.8 Å². The van der Waals surface area contributed by atoms with Gasteiger partial charge in [-0.05, 0) is 30.3 Å². The molecule has 0 atom stereocenters.